The fourth-order valence-electron chi connectivity index (χ4n) is 3.30. The molecule has 0 saturated carbocycles. The topological polar surface area (TPSA) is 95.3 Å². The number of anilines is 1. The molecular weight excluding hydrogens is 416 g/mol. The fraction of sp³-hybridized carbons (Fsp3) is 0.308. The van der Waals surface area contributed by atoms with Crippen LogP contribution in [0, 0.1) is 11.3 Å². The number of benzene rings is 2. The standard InChI is InChI=1S/C26H28N4O3/c1-18(31)28-24-12-11-22-10-9-21(15-23(22)29-24)17-30(25(32)33-26(2,3)4)14-13-19-5-7-20(16-27)8-6-19/h5-12,15H,13-14,17H2,1-4H3,(H,28,29,31). The fourth-order valence-corrected chi connectivity index (χ4v) is 3.30. The van der Waals surface area contributed by atoms with E-state index in [1.54, 1.807) is 23.1 Å². The first-order valence-corrected chi connectivity index (χ1v) is 10.8. The molecule has 1 heterocycles. The number of hydrogen-bond acceptors (Lipinski definition) is 5. The maximum Gasteiger partial charge on any atom is 0.410 e. The van der Waals surface area contributed by atoms with Crippen molar-refractivity contribution in [2.45, 2.75) is 46.3 Å². The van der Waals surface area contributed by atoms with Gasteiger partial charge in [0.1, 0.15) is 11.4 Å². The lowest BCUT2D eigenvalue weighted by molar-refractivity contribution is -0.114. The van der Waals surface area contributed by atoms with Crippen molar-refractivity contribution in [3.8, 4) is 6.07 Å². The average molecular weight is 445 g/mol. The number of carbonyl (C=O) groups excluding carboxylic acids is 2. The quantitative estimate of drug-likeness (QED) is 0.574. The maximum absolute atomic E-state index is 12.9. The van der Waals surface area contributed by atoms with Gasteiger partial charge in [-0.3, -0.25) is 4.79 Å². The van der Waals surface area contributed by atoms with Crippen molar-refractivity contribution in [2.24, 2.45) is 0 Å². The third kappa shape index (κ3) is 7.04. The van der Waals surface area contributed by atoms with Crippen LogP contribution < -0.4 is 5.32 Å². The minimum absolute atomic E-state index is 0.183. The van der Waals surface area contributed by atoms with Crippen LogP contribution in [0.1, 0.15) is 44.4 Å². The van der Waals surface area contributed by atoms with Crippen molar-refractivity contribution in [3.05, 3.63) is 71.3 Å². The van der Waals surface area contributed by atoms with E-state index in [1.165, 1.54) is 6.92 Å². The summed E-state index contributed by atoms with van der Waals surface area (Å²) >= 11 is 0. The third-order valence-corrected chi connectivity index (χ3v) is 4.84. The SMILES string of the molecule is CC(=O)Nc1ccc2ccc(CN(CCc3ccc(C#N)cc3)C(=O)OC(C)(C)C)cc2n1. The van der Waals surface area contributed by atoms with Gasteiger partial charge in [0.25, 0.3) is 0 Å². The van der Waals surface area contributed by atoms with Gasteiger partial charge in [0.2, 0.25) is 5.91 Å². The summed E-state index contributed by atoms with van der Waals surface area (Å²) in [6.07, 6.45) is 0.236. The van der Waals surface area contributed by atoms with Crippen LogP contribution in [0.25, 0.3) is 10.9 Å². The average Bonchev–Trinajstić information content (AvgIpc) is 2.75. The van der Waals surface area contributed by atoms with E-state index in [2.05, 4.69) is 16.4 Å². The van der Waals surface area contributed by atoms with Crippen molar-refractivity contribution < 1.29 is 14.3 Å². The monoisotopic (exact) mass is 444 g/mol. The minimum Gasteiger partial charge on any atom is -0.444 e. The Balaban J connectivity index is 1.81. The van der Waals surface area contributed by atoms with Gasteiger partial charge in [-0.05, 0) is 68.7 Å². The Bertz CT molecular complexity index is 1190. The molecule has 1 N–H and O–H groups in total. The number of fused-ring (bicyclic) bond motifs is 1. The third-order valence-electron chi connectivity index (χ3n) is 4.84. The molecule has 7 heteroatoms. The molecule has 7 nitrogen and oxygen atoms in total. The van der Waals surface area contributed by atoms with Crippen LogP contribution in [-0.2, 0) is 22.5 Å². The Morgan fingerprint density at radius 2 is 1.73 bits per heavy atom. The molecule has 3 aromatic rings. The van der Waals surface area contributed by atoms with Crippen molar-refractivity contribution in [1.82, 2.24) is 9.88 Å². The molecule has 0 aliphatic carbocycles. The second-order valence-corrected chi connectivity index (χ2v) is 8.87. The number of aromatic nitrogens is 1. The zero-order valence-corrected chi connectivity index (χ0v) is 19.4. The van der Waals surface area contributed by atoms with Crippen LogP contribution >= 0.6 is 0 Å². The predicted octanol–water partition coefficient (Wildman–Crippen LogP) is 5.04. The number of amides is 2. The smallest absolute Gasteiger partial charge is 0.410 e. The Hall–Kier alpha value is -3.92. The zero-order chi connectivity index (χ0) is 24.0. The molecule has 0 aliphatic heterocycles. The second-order valence-electron chi connectivity index (χ2n) is 8.87. The van der Waals surface area contributed by atoms with Crippen molar-refractivity contribution in [3.63, 3.8) is 0 Å². The summed E-state index contributed by atoms with van der Waals surface area (Å²) in [7, 11) is 0. The molecule has 0 radical (unpaired) electrons. The summed E-state index contributed by atoms with van der Waals surface area (Å²) in [5.41, 5.74) is 2.66. The van der Waals surface area contributed by atoms with Crippen LogP contribution in [0.4, 0.5) is 10.6 Å². The first kappa shape index (κ1) is 23.7. The lowest BCUT2D eigenvalue weighted by atomic mass is 10.1. The minimum atomic E-state index is -0.609. The zero-order valence-electron chi connectivity index (χ0n) is 19.4. The summed E-state index contributed by atoms with van der Waals surface area (Å²) in [5.74, 6) is 0.300. The molecule has 0 aliphatic rings. The number of nitriles is 1. The molecule has 170 valence electrons. The normalized spacial score (nSPS) is 11.0. The van der Waals surface area contributed by atoms with Gasteiger partial charge in [0.15, 0.2) is 0 Å². The van der Waals surface area contributed by atoms with Gasteiger partial charge < -0.3 is 15.0 Å². The van der Waals surface area contributed by atoms with E-state index in [-0.39, 0.29) is 5.91 Å². The molecule has 0 saturated heterocycles. The van der Waals surface area contributed by atoms with Crippen LogP contribution in [0.2, 0.25) is 0 Å². The van der Waals surface area contributed by atoms with Gasteiger partial charge in [0, 0.05) is 25.4 Å². The Morgan fingerprint density at radius 1 is 1.06 bits per heavy atom. The molecule has 0 bridgehead atoms. The van der Waals surface area contributed by atoms with Crippen molar-refractivity contribution >= 4 is 28.7 Å². The van der Waals surface area contributed by atoms with E-state index in [0.29, 0.717) is 30.9 Å². The Morgan fingerprint density at radius 3 is 2.36 bits per heavy atom. The van der Waals surface area contributed by atoms with Gasteiger partial charge in [-0.1, -0.05) is 24.3 Å². The number of rotatable bonds is 6. The van der Waals surface area contributed by atoms with Crippen LogP contribution in [0.3, 0.4) is 0 Å². The summed E-state index contributed by atoms with van der Waals surface area (Å²) < 4.78 is 5.63. The van der Waals surface area contributed by atoms with Crippen LogP contribution in [-0.4, -0.2) is 34.0 Å². The summed E-state index contributed by atoms with van der Waals surface area (Å²) in [5, 5.41) is 12.6. The summed E-state index contributed by atoms with van der Waals surface area (Å²) in [6.45, 7) is 7.77. The Kier molecular flexibility index (Phi) is 7.29. The van der Waals surface area contributed by atoms with E-state index in [0.717, 1.165) is 22.0 Å². The van der Waals surface area contributed by atoms with Gasteiger partial charge in [-0.15, -0.1) is 0 Å². The van der Waals surface area contributed by atoms with Gasteiger partial charge in [0.05, 0.1) is 17.1 Å². The van der Waals surface area contributed by atoms with Gasteiger partial charge in [-0.25, -0.2) is 9.78 Å². The number of carbonyl (C=O) groups is 2. The van der Waals surface area contributed by atoms with E-state index in [9.17, 15) is 9.59 Å². The molecule has 33 heavy (non-hydrogen) atoms. The molecule has 0 fully saturated rings. The van der Waals surface area contributed by atoms with Gasteiger partial charge >= 0.3 is 6.09 Å². The van der Waals surface area contributed by atoms with Crippen LogP contribution in [0.15, 0.2) is 54.6 Å². The molecule has 2 aromatic carbocycles. The lowest BCUT2D eigenvalue weighted by Gasteiger charge is -2.27. The molecular formula is C26H28N4O3. The number of hydrogen-bond donors (Lipinski definition) is 1. The number of nitrogens with zero attached hydrogens (tertiary/aromatic N) is 3. The summed E-state index contributed by atoms with van der Waals surface area (Å²) in [4.78, 5) is 30.4. The molecule has 1 aromatic heterocycles. The highest BCUT2D eigenvalue weighted by molar-refractivity contribution is 5.89. The Labute approximate surface area is 194 Å². The molecule has 0 unspecified atom stereocenters. The van der Waals surface area contributed by atoms with E-state index < -0.39 is 11.7 Å². The first-order chi connectivity index (χ1) is 15.6. The highest BCUT2D eigenvalue weighted by Gasteiger charge is 2.22. The van der Waals surface area contributed by atoms with E-state index >= 15 is 0 Å². The highest BCUT2D eigenvalue weighted by Crippen LogP contribution is 2.20. The second kappa shape index (κ2) is 10.1. The highest BCUT2D eigenvalue weighted by atomic mass is 16.6. The summed E-state index contributed by atoms with van der Waals surface area (Å²) in [6, 6.07) is 18.9. The van der Waals surface area contributed by atoms with Crippen molar-refractivity contribution in [2.75, 3.05) is 11.9 Å². The number of ether oxygens (including phenoxy) is 1. The molecule has 0 spiro atoms. The predicted molar refractivity (Wildman–Crippen MR) is 128 cm³/mol. The van der Waals surface area contributed by atoms with Crippen LogP contribution in [0.5, 0.6) is 0 Å². The van der Waals surface area contributed by atoms with E-state index in [1.807, 2.05) is 57.2 Å². The number of nitrogens with one attached hydrogen (secondary N) is 1. The first-order valence-electron chi connectivity index (χ1n) is 10.8. The molecule has 2 amide bonds. The maximum atomic E-state index is 12.9. The van der Waals surface area contributed by atoms with Crippen molar-refractivity contribution in [1.29, 1.82) is 5.26 Å². The van der Waals surface area contributed by atoms with Gasteiger partial charge in [-0.2, -0.15) is 5.26 Å². The lowest BCUT2D eigenvalue weighted by Crippen LogP contribution is -2.37. The molecule has 3 rings (SSSR count). The van der Waals surface area contributed by atoms with E-state index in [4.69, 9.17) is 10.00 Å². The number of pyridine rings is 1. The molecule has 0 atom stereocenters. The largest absolute Gasteiger partial charge is 0.444 e.